The summed E-state index contributed by atoms with van der Waals surface area (Å²) in [6.07, 6.45) is 6.24. The molecule has 0 spiro atoms. The van der Waals surface area contributed by atoms with Gasteiger partial charge in [0.2, 0.25) is 0 Å². The molecule has 2 aliphatic carbocycles. The molecular formula is C14H26O2. The fourth-order valence-electron chi connectivity index (χ4n) is 4.21. The van der Waals surface area contributed by atoms with Crippen LogP contribution in [-0.2, 0) is 0 Å². The van der Waals surface area contributed by atoms with Gasteiger partial charge in [-0.25, -0.2) is 0 Å². The lowest BCUT2D eigenvalue weighted by Gasteiger charge is -2.32. The van der Waals surface area contributed by atoms with E-state index in [4.69, 9.17) is 0 Å². The number of hydrogen-bond donors (Lipinski definition) is 2. The van der Waals surface area contributed by atoms with E-state index in [-0.39, 0.29) is 18.1 Å². The van der Waals surface area contributed by atoms with Crippen molar-refractivity contribution in [2.24, 2.45) is 23.7 Å². The molecule has 0 radical (unpaired) electrons. The van der Waals surface area contributed by atoms with Gasteiger partial charge in [0.05, 0.1) is 12.2 Å². The third-order valence-corrected chi connectivity index (χ3v) is 5.13. The molecule has 0 aromatic carbocycles. The van der Waals surface area contributed by atoms with Gasteiger partial charge >= 0.3 is 0 Å². The van der Waals surface area contributed by atoms with Crippen molar-refractivity contribution in [3.8, 4) is 0 Å². The maximum atomic E-state index is 10.4. The zero-order valence-corrected chi connectivity index (χ0v) is 10.6. The van der Waals surface area contributed by atoms with Crippen LogP contribution in [0.2, 0.25) is 0 Å². The number of aliphatic hydroxyl groups excluding tert-OH is 2. The Kier molecular flexibility index (Phi) is 3.91. The molecule has 2 rings (SSSR count). The van der Waals surface area contributed by atoms with Crippen LogP contribution in [0.4, 0.5) is 0 Å². The number of rotatable bonds is 3. The van der Waals surface area contributed by atoms with Gasteiger partial charge in [-0.2, -0.15) is 0 Å². The molecule has 2 fully saturated rings. The summed E-state index contributed by atoms with van der Waals surface area (Å²) < 4.78 is 0. The molecule has 2 aliphatic rings. The van der Waals surface area contributed by atoms with Crippen LogP contribution >= 0.6 is 0 Å². The summed E-state index contributed by atoms with van der Waals surface area (Å²) in [5.74, 6) is 1.86. The Hall–Kier alpha value is -0.0800. The normalized spacial score (nSPS) is 43.7. The summed E-state index contributed by atoms with van der Waals surface area (Å²) in [6.45, 7) is 4.44. The van der Waals surface area contributed by atoms with Crippen LogP contribution in [0, 0.1) is 23.7 Å². The van der Waals surface area contributed by atoms with Crippen molar-refractivity contribution in [3.63, 3.8) is 0 Å². The summed E-state index contributed by atoms with van der Waals surface area (Å²) in [6, 6.07) is 0. The van der Waals surface area contributed by atoms with Gasteiger partial charge in [0.15, 0.2) is 0 Å². The van der Waals surface area contributed by atoms with Crippen molar-refractivity contribution < 1.29 is 10.2 Å². The molecule has 2 nitrogen and oxygen atoms in total. The van der Waals surface area contributed by atoms with Gasteiger partial charge < -0.3 is 10.2 Å². The average molecular weight is 226 g/mol. The largest absolute Gasteiger partial charge is 0.393 e. The first-order valence-corrected chi connectivity index (χ1v) is 7.05. The Morgan fingerprint density at radius 3 is 2.38 bits per heavy atom. The highest BCUT2D eigenvalue weighted by Crippen LogP contribution is 2.48. The molecule has 0 saturated heterocycles. The molecule has 2 heteroatoms. The van der Waals surface area contributed by atoms with Gasteiger partial charge in [-0.05, 0) is 37.0 Å². The summed E-state index contributed by atoms with van der Waals surface area (Å²) in [4.78, 5) is 0. The van der Waals surface area contributed by atoms with E-state index in [2.05, 4.69) is 13.8 Å². The van der Waals surface area contributed by atoms with Crippen LogP contribution in [0.25, 0.3) is 0 Å². The fourth-order valence-corrected chi connectivity index (χ4v) is 4.21. The lowest BCUT2D eigenvalue weighted by molar-refractivity contribution is -0.0284. The van der Waals surface area contributed by atoms with E-state index < -0.39 is 0 Å². The van der Waals surface area contributed by atoms with Crippen LogP contribution in [0.5, 0.6) is 0 Å². The Morgan fingerprint density at radius 2 is 1.81 bits per heavy atom. The number of hydrogen-bond acceptors (Lipinski definition) is 2. The molecule has 0 aromatic heterocycles. The maximum absolute atomic E-state index is 10.4. The van der Waals surface area contributed by atoms with Gasteiger partial charge in [-0.15, -0.1) is 0 Å². The van der Waals surface area contributed by atoms with Crippen LogP contribution in [0.15, 0.2) is 0 Å². The standard InChI is InChI=1S/C14H26O2/c1-3-9(4-2)11-8-10-6-5-7-12(15)13(10)14(11)16/h9-16H,3-8H2,1-2H3. The Morgan fingerprint density at radius 1 is 1.12 bits per heavy atom. The first-order valence-electron chi connectivity index (χ1n) is 7.05. The maximum Gasteiger partial charge on any atom is 0.0626 e. The van der Waals surface area contributed by atoms with E-state index >= 15 is 0 Å². The quantitative estimate of drug-likeness (QED) is 0.776. The molecule has 2 saturated carbocycles. The second kappa shape index (κ2) is 5.05. The lowest BCUT2D eigenvalue weighted by Crippen LogP contribution is -2.37. The second-order valence-electron chi connectivity index (χ2n) is 5.80. The fraction of sp³-hybridized carbons (Fsp3) is 1.00. The average Bonchev–Trinajstić information content (AvgIpc) is 2.60. The summed E-state index contributed by atoms with van der Waals surface area (Å²) >= 11 is 0. The van der Waals surface area contributed by atoms with Gasteiger partial charge in [0.1, 0.15) is 0 Å². The Balaban J connectivity index is 2.08. The molecule has 0 aromatic rings. The monoisotopic (exact) mass is 226 g/mol. The molecule has 2 N–H and O–H groups in total. The van der Waals surface area contributed by atoms with Gasteiger partial charge in [0.25, 0.3) is 0 Å². The van der Waals surface area contributed by atoms with Crippen molar-refractivity contribution in [2.45, 2.75) is 64.6 Å². The number of aliphatic hydroxyl groups is 2. The Labute approximate surface area is 99.1 Å². The molecule has 0 heterocycles. The second-order valence-corrected chi connectivity index (χ2v) is 5.80. The van der Waals surface area contributed by atoms with Crippen molar-refractivity contribution in [2.75, 3.05) is 0 Å². The molecular weight excluding hydrogens is 200 g/mol. The van der Waals surface area contributed by atoms with Crippen molar-refractivity contribution in [3.05, 3.63) is 0 Å². The van der Waals surface area contributed by atoms with E-state index in [9.17, 15) is 10.2 Å². The molecule has 16 heavy (non-hydrogen) atoms. The van der Waals surface area contributed by atoms with Gasteiger partial charge in [-0.3, -0.25) is 0 Å². The minimum atomic E-state index is -0.245. The van der Waals surface area contributed by atoms with Crippen LogP contribution in [0.1, 0.15) is 52.4 Å². The first-order chi connectivity index (χ1) is 7.69. The van der Waals surface area contributed by atoms with Crippen LogP contribution in [0.3, 0.4) is 0 Å². The topological polar surface area (TPSA) is 40.5 Å². The highest BCUT2D eigenvalue weighted by molar-refractivity contribution is 4.98. The smallest absolute Gasteiger partial charge is 0.0626 e. The van der Waals surface area contributed by atoms with E-state index in [0.717, 1.165) is 32.1 Å². The minimum absolute atomic E-state index is 0.180. The van der Waals surface area contributed by atoms with Gasteiger partial charge in [0, 0.05) is 5.92 Å². The predicted molar refractivity (Wildman–Crippen MR) is 65.0 cm³/mol. The van der Waals surface area contributed by atoms with Crippen LogP contribution in [-0.4, -0.2) is 22.4 Å². The highest BCUT2D eigenvalue weighted by Gasteiger charge is 2.48. The predicted octanol–water partition coefficient (Wildman–Crippen LogP) is 2.58. The van der Waals surface area contributed by atoms with Crippen molar-refractivity contribution in [1.29, 1.82) is 0 Å². The SMILES string of the molecule is CCC(CC)C1CC2CCCC(O)C2C1O. The molecule has 5 atom stereocenters. The summed E-state index contributed by atoms with van der Waals surface area (Å²) in [5.41, 5.74) is 0. The molecule has 0 bridgehead atoms. The molecule has 94 valence electrons. The van der Waals surface area contributed by atoms with Crippen LogP contribution < -0.4 is 0 Å². The molecule has 0 aliphatic heterocycles. The minimum Gasteiger partial charge on any atom is -0.393 e. The third kappa shape index (κ3) is 2.02. The molecule has 0 amide bonds. The third-order valence-electron chi connectivity index (χ3n) is 5.13. The van der Waals surface area contributed by atoms with Gasteiger partial charge in [-0.1, -0.05) is 33.1 Å². The highest BCUT2D eigenvalue weighted by atomic mass is 16.3. The lowest BCUT2D eigenvalue weighted by atomic mass is 9.78. The zero-order chi connectivity index (χ0) is 11.7. The zero-order valence-electron chi connectivity index (χ0n) is 10.6. The van der Waals surface area contributed by atoms with E-state index in [1.165, 1.54) is 6.42 Å². The van der Waals surface area contributed by atoms with E-state index in [1.807, 2.05) is 0 Å². The molecule has 5 unspecified atom stereocenters. The first kappa shape index (κ1) is 12.4. The Bertz CT molecular complexity index is 225. The van der Waals surface area contributed by atoms with Crippen molar-refractivity contribution >= 4 is 0 Å². The van der Waals surface area contributed by atoms with E-state index in [0.29, 0.717) is 17.8 Å². The summed E-state index contributed by atoms with van der Waals surface area (Å²) in [5, 5.41) is 20.5. The van der Waals surface area contributed by atoms with Crippen molar-refractivity contribution in [1.82, 2.24) is 0 Å². The van der Waals surface area contributed by atoms with E-state index in [1.54, 1.807) is 0 Å². The summed E-state index contributed by atoms with van der Waals surface area (Å²) in [7, 11) is 0. The number of fused-ring (bicyclic) bond motifs is 1.